The molecule has 0 radical (unpaired) electrons. The summed E-state index contributed by atoms with van der Waals surface area (Å²) in [4.78, 5) is 0. The Kier molecular flexibility index (Phi) is 8.11. The molecule has 0 saturated carbocycles. The second kappa shape index (κ2) is 8.47. The maximum atomic E-state index is 9.14. The zero-order chi connectivity index (χ0) is 12.6. The summed E-state index contributed by atoms with van der Waals surface area (Å²) in [5.41, 5.74) is 1.71. The van der Waals surface area contributed by atoms with Crippen molar-refractivity contribution in [2.45, 2.75) is 26.1 Å². The van der Waals surface area contributed by atoms with E-state index in [-0.39, 0.29) is 13.2 Å². The molecular weight excluding hydrogens is 208 g/mol. The summed E-state index contributed by atoms with van der Waals surface area (Å²) in [5.74, 6) is 0. The minimum absolute atomic E-state index is 0.200. The van der Waals surface area contributed by atoms with Gasteiger partial charge in [0.2, 0.25) is 0 Å². The number of aliphatic hydroxyl groups excluding tert-OH is 2. The van der Waals surface area contributed by atoms with Crippen LogP contribution in [-0.4, -0.2) is 48.8 Å². The molecule has 0 aromatic rings. The molecule has 0 fully saturated rings. The van der Waals surface area contributed by atoms with Crippen LogP contribution in [-0.2, 0) is 9.47 Å². The highest BCUT2D eigenvalue weighted by Gasteiger charge is 2.21. The average molecular weight is 230 g/mol. The van der Waals surface area contributed by atoms with Crippen molar-refractivity contribution in [2.75, 3.05) is 26.4 Å². The van der Waals surface area contributed by atoms with Gasteiger partial charge in [-0.25, -0.2) is 0 Å². The van der Waals surface area contributed by atoms with Crippen molar-refractivity contribution in [1.82, 2.24) is 0 Å². The molecule has 0 unspecified atom stereocenters. The summed E-state index contributed by atoms with van der Waals surface area (Å²) >= 11 is 0. The van der Waals surface area contributed by atoms with E-state index >= 15 is 0 Å². The van der Waals surface area contributed by atoms with Gasteiger partial charge in [-0.15, -0.1) is 0 Å². The Bertz CT molecular complexity index is 201. The Balaban J connectivity index is 4.15. The number of hydrogen-bond acceptors (Lipinski definition) is 4. The Labute approximate surface area is 97.2 Å². The van der Waals surface area contributed by atoms with E-state index in [0.29, 0.717) is 13.2 Å². The third-order valence-corrected chi connectivity index (χ3v) is 1.86. The summed E-state index contributed by atoms with van der Waals surface area (Å²) in [5, 5.41) is 18.3. The maximum Gasteiger partial charge on any atom is 0.109 e. The lowest BCUT2D eigenvalue weighted by molar-refractivity contribution is -0.0991. The van der Waals surface area contributed by atoms with Crippen LogP contribution in [0.5, 0.6) is 0 Å². The minimum Gasteiger partial charge on any atom is -0.394 e. The number of rotatable bonds is 9. The lowest BCUT2D eigenvalue weighted by Gasteiger charge is -2.24. The normalized spacial score (nSPS) is 14.5. The molecule has 0 aliphatic rings. The van der Waals surface area contributed by atoms with Gasteiger partial charge in [-0.1, -0.05) is 24.3 Å². The van der Waals surface area contributed by atoms with Gasteiger partial charge in [0.1, 0.15) is 12.2 Å². The molecule has 4 heteroatoms. The van der Waals surface area contributed by atoms with E-state index in [1.54, 1.807) is 0 Å². The van der Waals surface area contributed by atoms with Crippen LogP contribution in [0.3, 0.4) is 0 Å². The molecule has 0 spiro atoms. The van der Waals surface area contributed by atoms with Crippen LogP contribution < -0.4 is 0 Å². The van der Waals surface area contributed by atoms with Crippen molar-refractivity contribution in [3.8, 4) is 0 Å². The summed E-state index contributed by atoms with van der Waals surface area (Å²) in [6, 6.07) is 0. The highest BCUT2D eigenvalue weighted by molar-refractivity contribution is 4.90. The molecule has 0 aromatic carbocycles. The van der Waals surface area contributed by atoms with Gasteiger partial charge in [0, 0.05) is 0 Å². The van der Waals surface area contributed by atoms with Crippen LogP contribution in [0.1, 0.15) is 13.8 Å². The molecule has 0 aromatic heterocycles. The van der Waals surface area contributed by atoms with Crippen LogP contribution in [0, 0.1) is 0 Å². The monoisotopic (exact) mass is 230 g/mol. The minimum atomic E-state index is -0.541. The first-order valence-electron chi connectivity index (χ1n) is 5.25. The average Bonchev–Trinajstić information content (AvgIpc) is 2.22. The fourth-order valence-corrected chi connectivity index (χ4v) is 1.05. The topological polar surface area (TPSA) is 58.9 Å². The zero-order valence-electron chi connectivity index (χ0n) is 10.1. The third kappa shape index (κ3) is 6.74. The van der Waals surface area contributed by atoms with Gasteiger partial charge >= 0.3 is 0 Å². The first-order valence-corrected chi connectivity index (χ1v) is 5.25. The van der Waals surface area contributed by atoms with Crippen molar-refractivity contribution in [2.24, 2.45) is 0 Å². The van der Waals surface area contributed by atoms with Gasteiger partial charge < -0.3 is 19.7 Å². The first kappa shape index (κ1) is 15.3. The molecule has 0 heterocycles. The second-order valence-corrected chi connectivity index (χ2v) is 3.98. The van der Waals surface area contributed by atoms with Gasteiger partial charge in [0.05, 0.1) is 26.4 Å². The van der Waals surface area contributed by atoms with Crippen LogP contribution in [0.25, 0.3) is 0 Å². The highest BCUT2D eigenvalue weighted by atomic mass is 16.6. The van der Waals surface area contributed by atoms with Crippen LogP contribution in [0.2, 0.25) is 0 Å². The summed E-state index contributed by atoms with van der Waals surface area (Å²) in [6.07, 6.45) is -1.08. The molecule has 16 heavy (non-hydrogen) atoms. The molecular formula is C12H22O4. The molecule has 0 saturated heterocycles. The quantitative estimate of drug-likeness (QED) is 0.578. The Hall–Kier alpha value is -0.680. The number of aliphatic hydroxyl groups is 2. The van der Waals surface area contributed by atoms with Crippen LogP contribution in [0.15, 0.2) is 24.3 Å². The maximum absolute atomic E-state index is 9.14. The van der Waals surface area contributed by atoms with Gasteiger partial charge in [-0.05, 0) is 13.8 Å². The van der Waals surface area contributed by atoms with Crippen molar-refractivity contribution >= 4 is 0 Å². The van der Waals surface area contributed by atoms with E-state index in [1.165, 1.54) is 0 Å². The molecule has 0 bridgehead atoms. The van der Waals surface area contributed by atoms with Crippen LogP contribution in [0.4, 0.5) is 0 Å². The van der Waals surface area contributed by atoms with Crippen molar-refractivity contribution in [3.05, 3.63) is 24.3 Å². The lowest BCUT2D eigenvalue weighted by atomic mass is 10.2. The van der Waals surface area contributed by atoms with E-state index < -0.39 is 12.2 Å². The van der Waals surface area contributed by atoms with Gasteiger partial charge in [0.15, 0.2) is 0 Å². The fourth-order valence-electron chi connectivity index (χ4n) is 1.05. The third-order valence-electron chi connectivity index (χ3n) is 1.86. The molecule has 2 N–H and O–H groups in total. The Morgan fingerprint density at radius 3 is 1.44 bits per heavy atom. The van der Waals surface area contributed by atoms with E-state index in [9.17, 15) is 0 Å². The summed E-state index contributed by atoms with van der Waals surface area (Å²) in [7, 11) is 0. The standard InChI is InChI=1S/C12H22O4/c1-9(2)7-15-11(5-13)12(6-14)16-8-10(3)4/h11-14H,1,3,5-8H2,2,4H3/t11-,12-/m0/s1. The molecule has 0 aliphatic heterocycles. The SMILES string of the molecule is C=C(C)CO[C@@H](CO)[C@H](CO)OCC(=C)C. The van der Waals surface area contributed by atoms with Crippen LogP contribution >= 0.6 is 0 Å². The zero-order valence-corrected chi connectivity index (χ0v) is 10.1. The Morgan fingerprint density at radius 1 is 0.938 bits per heavy atom. The lowest BCUT2D eigenvalue weighted by Crippen LogP contribution is -2.38. The largest absolute Gasteiger partial charge is 0.394 e. The molecule has 2 atom stereocenters. The predicted octanol–water partition coefficient (Wildman–Crippen LogP) is 0.894. The van der Waals surface area contributed by atoms with Gasteiger partial charge in [0.25, 0.3) is 0 Å². The summed E-state index contributed by atoms with van der Waals surface area (Å²) < 4.78 is 10.7. The molecule has 0 aliphatic carbocycles. The fraction of sp³-hybridized carbons (Fsp3) is 0.667. The first-order chi connectivity index (χ1) is 7.51. The number of ether oxygens (including phenoxy) is 2. The van der Waals surface area contributed by atoms with Gasteiger partial charge in [-0.3, -0.25) is 0 Å². The predicted molar refractivity (Wildman–Crippen MR) is 63.3 cm³/mol. The van der Waals surface area contributed by atoms with Gasteiger partial charge in [-0.2, -0.15) is 0 Å². The smallest absolute Gasteiger partial charge is 0.109 e. The highest BCUT2D eigenvalue weighted by Crippen LogP contribution is 2.07. The number of hydrogen-bond donors (Lipinski definition) is 2. The molecule has 0 rings (SSSR count). The van der Waals surface area contributed by atoms with Crippen molar-refractivity contribution in [1.29, 1.82) is 0 Å². The molecule has 4 nitrogen and oxygen atoms in total. The molecule has 94 valence electrons. The second-order valence-electron chi connectivity index (χ2n) is 3.98. The van der Waals surface area contributed by atoms with E-state index in [2.05, 4.69) is 13.2 Å². The Morgan fingerprint density at radius 2 is 1.25 bits per heavy atom. The summed E-state index contributed by atoms with van der Waals surface area (Å²) in [6.45, 7) is 11.3. The van der Waals surface area contributed by atoms with Crippen molar-refractivity contribution < 1.29 is 19.7 Å². The van der Waals surface area contributed by atoms with E-state index in [4.69, 9.17) is 19.7 Å². The molecule has 0 amide bonds. The van der Waals surface area contributed by atoms with E-state index in [1.807, 2.05) is 13.8 Å². The van der Waals surface area contributed by atoms with E-state index in [0.717, 1.165) is 11.1 Å². The van der Waals surface area contributed by atoms with Crippen molar-refractivity contribution in [3.63, 3.8) is 0 Å².